The number of aliphatic hydroxyl groups excluding tert-OH is 1. The van der Waals surface area contributed by atoms with Gasteiger partial charge in [-0.15, -0.1) is 0 Å². The molecule has 0 aromatic heterocycles. The minimum absolute atomic E-state index is 0.0956. The third kappa shape index (κ3) is 3.55. The topological polar surface area (TPSA) is 29.5 Å². The van der Waals surface area contributed by atoms with E-state index in [4.69, 9.17) is 4.74 Å². The first kappa shape index (κ1) is 10.0. The Morgan fingerprint density at radius 1 is 1.58 bits per heavy atom. The average molecular weight is 172 g/mol. The number of aliphatic hydroxyl groups is 1. The molecule has 0 aromatic rings. The van der Waals surface area contributed by atoms with E-state index in [1.54, 1.807) is 0 Å². The molecule has 0 aromatic carbocycles. The highest BCUT2D eigenvalue weighted by Crippen LogP contribution is 2.20. The van der Waals surface area contributed by atoms with Crippen LogP contribution < -0.4 is 0 Å². The Morgan fingerprint density at radius 2 is 2.42 bits per heavy atom. The van der Waals surface area contributed by atoms with Gasteiger partial charge < -0.3 is 9.84 Å². The molecule has 72 valence electrons. The maximum absolute atomic E-state index is 9.55. The van der Waals surface area contributed by atoms with Crippen molar-refractivity contribution in [1.82, 2.24) is 0 Å². The number of hydrogen-bond donors (Lipinski definition) is 1. The third-order valence-corrected chi connectivity index (χ3v) is 2.48. The van der Waals surface area contributed by atoms with E-state index in [1.807, 2.05) is 0 Å². The van der Waals surface area contributed by atoms with Crippen molar-refractivity contribution >= 4 is 0 Å². The Labute approximate surface area is 74.9 Å². The van der Waals surface area contributed by atoms with Gasteiger partial charge in [0.2, 0.25) is 0 Å². The van der Waals surface area contributed by atoms with E-state index in [1.165, 1.54) is 12.8 Å². The number of hydrogen-bond acceptors (Lipinski definition) is 2. The van der Waals surface area contributed by atoms with Crippen LogP contribution in [-0.2, 0) is 4.74 Å². The third-order valence-electron chi connectivity index (χ3n) is 2.48. The highest BCUT2D eigenvalue weighted by Gasteiger charge is 2.17. The molecule has 12 heavy (non-hydrogen) atoms. The summed E-state index contributed by atoms with van der Waals surface area (Å²) >= 11 is 0. The lowest BCUT2D eigenvalue weighted by atomic mass is 9.94. The van der Waals surface area contributed by atoms with Crippen LogP contribution in [0.3, 0.4) is 0 Å². The zero-order valence-corrected chi connectivity index (χ0v) is 7.96. The molecule has 2 atom stereocenters. The second-order valence-corrected chi connectivity index (χ2v) is 3.76. The zero-order valence-electron chi connectivity index (χ0n) is 7.96. The predicted molar refractivity (Wildman–Crippen MR) is 49.1 cm³/mol. The highest BCUT2D eigenvalue weighted by molar-refractivity contribution is 4.67. The molecule has 1 fully saturated rings. The fourth-order valence-electron chi connectivity index (χ4n) is 1.83. The maximum Gasteiger partial charge on any atom is 0.0543 e. The van der Waals surface area contributed by atoms with Gasteiger partial charge in [-0.25, -0.2) is 0 Å². The molecule has 2 unspecified atom stereocenters. The second-order valence-electron chi connectivity index (χ2n) is 3.76. The van der Waals surface area contributed by atoms with Gasteiger partial charge in [0.1, 0.15) is 0 Å². The highest BCUT2D eigenvalue weighted by atomic mass is 16.5. The van der Waals surface area contributed by atoms with Crippen molar-refractivity contribution in [3.8, 4) is 0 Å². The van der Waals surface area contributed by atoms with Crippen molar-refractivity contribution in [2.75, 3.05) is 13.2 Å². The Kier molecular flexibility index (Phi) is 4.62. The quantitative estimate of drug-likeness (QED) is 0.702. The molecule has 2 nitrogen and oxygen atoms in total. The SMILES string of the molecule is CCCC(O)CC1CCCOC1. The fraction of sp³-hybridized carbons (Fsp3) is 1.00. The van der Waals surface area contributed by atoms with Crippen LogP contribution in [0, 0.1) is 5.92 Å². The first-order valence-electron chi connectivity index (χ1n) is 5.08. The lowest BCUT2D eigenvalue weighted by molar-refractivity contribution is 0.0275. The van der Waals surface area contributed by atoms with Crippen LogP contribution >= 0.6 is 0 Å². The largest absolute Gasteiger partial charge is 0.393 e. The Balaban J connectivity index is 2.11. The monoisotopic (exact) mass is 172 g/mol. The molecule has 0 aliphatic carbocycles. The van der Waals surface area contributed by atoms with Crippen LogP contribution in [0.1, 0.15) is 39.0 Å². The molecule has 2 heteroatoms. The first-order valence-corrected chi connectivity index (χ1v) is 5.08. The summed E-state index contributed by atoms with van der Waals surface area (Å²) in [6.45, 7) is 3.89. The minimum atomic E-state index is -0.0956. The summed E-state index contributed by atoms with van der Waals surface area (Å²) < 4.78 is 5.35. The fourth-order valence-corrected chi connectivity index (χ4v) is 1.83. The van der Waals surface area contributed by atoms with Gasteiger partial charge in [-0.2, -0.15) is 0 Å². The smallest absolute Gasteiger partial charge is 0.0543 e. The van der Waals surface area contributed by atoms with Crippen molar-refractivity contribution in [3.05, 3.63) is 0 Å². The van der Waals surface area contributed by atoms with E-state index in [-0.39, 0.29) is 6.10 Å². The molecule has 0 bridgehead atoms. The van der Waals surface area contributed by atoms with Gasteiger partial charge in [0.15, 0.2) is 0 Å². The van der Waals surface area contributed by atoms with Gasteiger partial charge in [-0.05, 0) is 31.6 Å². The van der Waals surface area contributed by atoms with Crippen LogP contribution in [0.4, 0.5) is 0 Å². The van der Waals surface area contributed by atoms with Gasteiger partial charge >= 0.3 is 0 Å². The Hall–Kier alpha value is -0.0800. The minimum Gasteiger partial charge on any atom is -0.393 e. The molecule has 0 saturated carbocycles. The molecule has 0 spiro atoms. The molecule has 1 heterocycles. The number of ether oxygens (including phenoxy) is 1. The summed E-state index contributed by atoms with van der Waals surface area (Å²) in [5.74, 6) is 0.611. The van der Waals surface area contributed by atoms with E-state index in [0.29, 0.717) is 5.92 Å². The van der Waals surface area contributed by atoms with E-state index in [2.05, 4.69) is 6.92 Å². The molecule has 1 aliphatic rings. The molecular formula is C10H20O2. The van der Waals surface area contributed by atoms with E-state index in [9.17, 15) is 5.11 Å². The van der Waals surface area contributed by atoms with Gasteiger partial charge in [-0.1, -0.05) is 13.3 Å². The van der Waals surface area contributed by atoms with Crippen molar-refractivity contribution in [3.63, 3.8) is 0 Å². The lowest BCUT2D eigenvalue weighted by Gasteiger charge is -2.24. The van der Waals surface area contributed by atoms with E-state index in [0.717, 1.165) is 32.5 Å². The van der Waals surface area contributed by atoms with Crippen LogP contribution in [0.15, 0.2) is 0 Å². The van der Waals surface area contributed by atoms with Gasteiger partial charge in [0, 0.05) is 13.2 Å². The second kappa shape index (κ2) is 5.55. The van der Waals surface area contributed by atoms with Crippen LogP contribution in [0.5, 0.6) is 0 Å². The molecule has 1 aliphatic heterocycles. The molecule has 0 radical (unpaired) electrons. The normalized spacial score (nSPS) is 27.0. The standard InChI is InChI=1S/C10H20O2/c1-2-4-10(11)7-9-5-3-6-12-8-9/h9-11H,2-8H2,1H3. The van der Waals surface area contributed by atoms with E-state index >= 15 is 0 Å². The van der Waals surface area contributed by atoms with Crippen molar-refractivity contribution in [2.45, 2.75) is 45.1 Å². The maximum atomic E-state index is 9.55. The Morgan fingerprint density at radius 3 is 3.00 bits per heavy atom. The summed E-state index contributed by atoms with van der Waals surface area (Å²) in [6, 6.07) is 0. The Bertz CT molecular complexity index is 108. The van der Waals surface area contributed by atoms with Crippen molar-refractivity contribution in [2.24, 2.45) is 5.92 Å². The summed E-state index contributed by atoms with van der Waals surface area (Å²) in [7, 11) is 0. The van der Waals surface area contributed by atoms with Crippen molar-refractivity contribution in [1.29, 1.82) is 0 Å². The molecule has 1 rings (SSSR count). The summed E-state index contributed by atoms with van der Waals surface area (Å²) in [6.07, 6.45) is 5.27. The summed E-state index contributed by atoms with van der Waals surface area (Å²) in [5.41, 5.74) is 0. The summed E-state index contributed by atoms with van der Waals surface area (Å²) in [5, 5.41) is 9.55. The predicted octanol–water partition coefficient (Wildman–Crippen LogP) is 1.96. The average Bonchev–Trinajstić information content (AvgIpc) is 2.06. The zero-order chi connectivity index (χ0) is 8.81. The van der Waals surface area contributed by atoms with Crippen LogP contribution in [0.2, 0.25) is 0 Å². The molecule has 1 N–H and O–H groups in total. The first-order chi connectivity index (χ1) is 5.83. The van der Waals surface area contributed by atoms with Crippen LogP contribution in [-0.4, -0.2) is 24.4 Å². The van der Waals surface area contributed by atoms with Gasteiger partial charge in [0.25, 0.3) is 0 Å². The molecular weight excluding hydrogens is 152 g/mol. The summed E-state index contributed by atoms with van der Waals surface area (Å²) in [4.78, 5) is 0. The molecule has 1 saturated heterocycles. The molecule has 0 amide bonds. The number of rotatable bonds is 4. The van der Waals surface area contributed by atoms with E-state index < -0.39 is 0 Å². The van der Waals surface area contributed by atoms with Crippen LogP contribution in [0.25, 0.3) is 0 Å². The van der Waals surface area contributed by atoms with Gasteiger partial charge in [-0.3, -0.25) is 0 Å². The van der Waals surface area contributed by atoms with Crippen molar-refractivity contribution < 1.29 is 9.84 Å². The van der Waals surface area contributed by atoms with Gasteiger partial charge in [0.05, 0.1) is 6.10 Å². The lowest BCUT2D eigenvalue weighted by Crippen LogP contribution is -2.22.